The Bertz CT molecular complexity index is 1070. The van der Waals surface area contributed by atoms with Crippen molar-refractivity contribution < 1.29 is 19.1 Å². The van der Waals surface area contributed by atoms with Crippen molar-refractivity contribution in [3.63, 3.8) is 0 Å². The zero-order valence-electron chi connectivity index (χ0n) is 17.3. The number of hydrogen-bond acceptors (Lipinski definition) is 5. The number of carbonyl (C=O) groups excluding carboxylic acids is 2. The summed E-state index contributed by atoms with van der Waals surface area (Å²) in [7, 11) is 3.30. The van der Waals surface area contributed by atoms with Gasteiger partial charge in [-0.05, 0) is 25.3 Å². The third kappa shape index (κ3) is 4.66. The Balaban J connectivity index is 1.98. The van der Waals surface area contributed by atoms with Gasteiger partial charge in [0, 0.05) is 45.5 Å². The van der Waals surface area contributed by atoms with Gasteiger partial charge in [0.25, 0.3) is 11.8 Å². The number of hydrogen-bond donors (Lipinski definition) is 2. The van der Waals surface area contributed by atoms with Crippen LogP contribution >= 0.6 is 11.6 Å². The van der Waals surface area contributed by atoms with Crippen LogP contribution in [-0.4, -0.2) is 53.7 Å². The first kappa shape index (κ1) is 22.6. The van der Waals surface area contributed by atoms with Crippen molar-refractivity contribution in [2.75, 3.05) is 32.2 Å². The molecule has 1 aromatic carbocycles. The second-order valence-corrected chi connectivity index (χ2v) is 7.89. The molecule has 0 saturated carbocycles. The lowest BCUT2D eigenvalue weighted by molar-refractivity contribution is 0.0772. The molecule has 2 heterocycles. The normalized spacial score (nSPS) is 14.9. The van der Waals surface area contributed by atoms with Crippen molar-refractivity contribution in [3.05, 3.63) is 62.3 Å². The average molecular weight is 451 g/mol. The molecule has 8 nitrogen and oxygen atoms in total. The number of amides is 2. The average Bonchev–Trinajstić information content (AvgIpc) is 2.74. The predicted molar refractivity (Wildman–Crippen MR) is 115 cm³/mol. The number of aromatic hydroxyl groups is 1. The number of aromatic nitrogens is 1. The molecule has 2 amide bonds. The van der Waals surface area contributed by atoms with Gasteiger partial charge in [0.05, 0.1) is 5.02 Å². The molecule has 1 aliphatic rings. The molecule has 0 fully saturated rings. The lowest BCUT2D eigenvalue weighted by Crippen LogP contribution is -2.42. The van der Waals surface area contributed by atoms with E-state index in [1.165, 1.54) is 27.9 Å². The maximum Gasteiger partial charge on any atom is 0.276 e. The molecule has 1 aromatic heterocycles. The number of carbonyl (C=O) groups is 2. The maximum atomic E-state index is 14.1. The summed E-state index contributed by atoms with van der Waals surface area (Å²) in [5.74, 6) is -2.79. The van der Waals surface area contributed by atoms with E-state index in [-0.39, 0.29) is 28.4 Å². The van der Waals surface area contributed by atoms with Gasteiger partial charge in [-0.15, -0.1) is 0 Å². The molecule has 10 heteroatoms. The number of fused-ring (bicyclic) bond motifs is 1. The lowest BCUT2D eigenvalue weighted by atomic mass is 10.1. The van der Waals surface area contributed by atoms with Crippen molar-refractivity contribution >= 4 is 23.4 Å². The summed E-state index contributed by atoms with van der Waals surface area (Å²) in [4.78, 5) is 39.7. The highest BCUT2D eigenvalue weighted by Crippen LogP contribution is 2.19. The molecule has 166 valence electrons. The number of pyridine rings is 1. The number of nitrogens with one attached hydrogen (secondary N) is 1. The minimum atomic E-state index is -0.970. The topological polar surface area (TPSA) is 94.9 Å². The van der Waals surface area contributed by atoms with E-state index in [0.717, 1.165) is 19.3 Å². The monoisotopic (exact) mass is 450 g/mol. The Hall–Kier alpha value is -3.07. The van der Waals surface area contributed by atoms with Crippen LogP contribution in [0.4, 0.5) is 4.39 Å². The van der Waals surface area contributed by atoms with E-state index in [2.05, 4.69) is 5.32 Å². The SMILES string of the molecule is CN1CCCCCN(C)n2cc(C(=O)NCc3cccc(Cl)c3F)c(=O)c(O)c2C1=O. The summed E-state index contributed by atoms with van der Waals surface area (Å²) in [6.45, 7) is 0.843. The Morgan fingerprint density at radius 1 is 1.19 bits per heavy atom. The van der Waals surface area contributed by atoms with Crippen LogP contribution in [0.25, 0.3) is 0 Å². The van der Waals surface area contributed by atoms with Crippen molar-refractivity contribution in [1.82, 2.24) is 14.9 Å². The van der Waals surface area contributed by atoms with Gasteiger partial charge in [-0.2, -0.15) is 0 Å². The quantitative estimate of drug-likeness (QED) is 0.746. The third-order valence-corrected chi connectivity index (χ3v) is 5.56. The molecule has 0 spiro atoms. The molecule has 0 bridgehead atoms. The predicted octanol–water partition coefficient (Wildman–Crippen LogP) is 2.10. The molecule has 2 aromatic rings. The highest BCUT2D eigenvalue weighted by atomic mass is 35.5. The van der Waals surface area contributed by atoms with Crippen LogP contribution in [0.3, 0.4) is 0 Å². The van der Waals surface area contributed by atoms with E-state index in [0.29, 0.717) is 13.1 Å². The molecule has 0 atom stereocenters. The molecule has 1 aliphatic heterocycles. The van der Waals surface area contributed by atoms with Crippen molar-refractivity contribution in [2.24, 2.45) is 0 Å². The van der Waals surface area contributed by atoms with E-state index < -0.39 is 28.8 Å². The van der Waals surface area contributed by atoms with E-state index in [4.69, 9.17) is 11.6 Å². The summed E-state index contributed by atoms with van der Waals surface area (Å²) in [6, 6.07) is 4.39. The van der Waals surface area contributed by atoms with Gasteiger partial charge in [-0.3, -0.25) is 19.1 Å². The van der Waals surface area contributed by atoms with E-state index in [1.54, 1.807) is 25.2 Å². The van der Waals surface area contributed by atoms with Crippen LogP contribution in [0.1, 0.15) is 45.7 Å². The minimum absolute atomic E-state index is 0.0817. The number of halogens is 2. The number of benzene rings is 1. The molecular formula is C21H24ClFN4O4. The molecular weight excluding hydrogens is 427 g/mol. The maximum absolute atomic E-state index is 14.1. The zero-order chi connectivity index (χ0) is 22.7. The minimum Gasteiger partial charge on any atom is -0.502 e. The molecule has 31 heavy (non-hydrogen) atoms. The van der Waals surface area contributed by atoms with E-state index >= 15 is 0 Å². The first-order chi connectivity index (χ1) is 14.7. The fourth-order valence-corrected chi connectivity index (χ4v) is 3.63. The van der Waals surface area contributed by atoms with Gasteiger partial charge in [-0.1, -0.05) is 23.7 Å². The fourth-order valence-electron chi connectivity index (χ4n) is 3.43. The highest BCUT2D eigenvalue weighted by Gasteiger charge is 2.28. The molecule has 0 saturated heterocycles. The van der Waals surface area contributed by atoms with Gasteiger partial charge < -0.3 is 20.3 Å². The molecule has 2 N–H and O–H groups in total. The zero-order valence-corrected chi connectivity index (χ0v) is 18.1. The summed E-state index contributed by atoms with van der Waals surface area (Å²) < 4.78 is 15.4. The van der Waals surface area contributed by atoms with Gasteiger partial charge in [0.2, 0.25) is 5.43 Å². The van der Waals surface area contributed by atoms with Gasteiger partial charge in [0.15, 0.2) is 11.4 Å². The van der Waals surface area contributed by atoms with Crippen LogP contribution < -0.4 is 15.8 Å². The second-order valence-electron chi connectivity index (χ2n) is 7.48. The van der Waals surface area contributed by atoms with Crippen molar-refractivity contribution in [1.29, 1.82) is 0 Å². The summed E-state index contributed by atoms with van der Waals surface area (Å²) in [5.41, 5.74) is -1.38. The van der Waals surface area contributed by atoms with Crippen molar-refractivity contribution in [3.8, 4) is 5.75 Å². The number of nitrogens with zero attached hydrogens (tertiary/aromatic N) is 3. The van der Waals surface area contributed by atoms with Crippen molar-refractivity contribution in [2.45, 2.75) is 25.8 Å². The number of rotatable bonds is 3. The first-order valence-electron chi connectivity index (χ1n) is 9.89. The fraction of sp³-hybridized carbons (Fsp3) is 0.381. The van der Waals surface area contributed by atoms with E-state index in [1.807, 2.05) is 0 Å². The van der Waals surface area contributed by atoms with Gasteiger partial charge in [-0.25, -0.2) is 4.39 Å². The smallest absolute Gasteiger partial charge is 0.276 e. The largest absolute Gasteiger partial charge is 0.502 e. The van der Waals surface area contributed by atoms with Crippen LogP contribution in [-0.2, 0) is 6.54 Å². The summed E-state index contributed by atoms with van der Waals surface area (Å²) in [6.07, 6.45) is 3.78. The highest BCUT2D eigenvalue weighted by molar-refractivity contribution is 6.30. The lowest BCUT2D eigenvalue weighted by Gasteiger charge is -2.29. The Morgan fingerprint density at radius 2 is 1.90 bits per heavy atom. The van der Waals surface area contributed by atoms with Crippen LogP contribution in [0, 0.1) is 5.82 Å². The molecule has 0 unspecified atom stereocenters. The molecule has 0 radical (unpaired) electrons. The molecule has 0 aliphatic carbocycles. The van der Waals surface area contributed by atoms with Crippen LogP contribution in [0.15, 0.2) is 29.2 Å². The van der Waals surface area contributed by atoms with Crippen LogP contribution in [0.2, 0.25) is 5.02 Å². The first-order valence-corrected chi connectivity index (χ1v) is 10.3. The Labute approximate surface area is 183 Å². The molecule has 3 rings (SSSR count). The summed E-state index contributed by atoms with van der Waals surface area (Å²) in [5, 5.41) is 14.6. The van der Waals surface area contributed by atoms with Gasteiger partial charge in [0.1, 0.15) is 11.4 Å². The Morgan fingerprint density at radius 3 is 2.65 bits per heavy atom. The second kappa shape index (κ2) is 9.38. The van der Waals surface area contributed by atoms with Gasteiger partial charge >= 0.3 is 0 Å². The standard InChI is InChI=1S/C21H24ClFN4O4/c1-25-9-4-3-5-10-26(2)27-12-14(18(28)19(29)17(27)21(25)31)20(30)24-11-13-7-6-8-15(22)16(13)23/h6-8,12,29H,3-5,9-11H2,1-2H3,(H,24,30). The Kier molecular flexibility index (Phi) is 6.84. The van der Waals surface area contributed by atoms with Crippen LogP contribution in [0.5, 0.6) is 5.75 Å². The van der Waals surface area contributed by atoms with E-state index in [9.17, 15) is 23.9 Å². The third-order valence-electron chi connectivity index (χ3n) is 5.27. The summed E-state index contributed by atoms with van der Waals surface area (Å²) >= 11 is 5.75.